The van der Waals surface area contributed by atoms with Crippen LogP contribution in [0.1, 0.15) is 31.7 Å². The van der Waals surface area contributed by atoms with E-state index in [-0.39, 0.29) is 30.2 Å². The molecular formula is C19H29N3O3. The highest BCUT2D eigenvalue weighted by Crippen LogP contribution is 2.30. The van der Waals surface area contributed by atoms with Crippen molar-refractivity contribution >= 4 is 11.6 Å². The van der Waals surface area contributed by atoms with Gasteiger partial charge < -0.3 is 20.5 Å². The van der Waals surface area contributed by atoms with E-state index in [4.69, 9.17) is 15.2 Å². The maximum absolute atomic E-state index is 11.6. The first kappa shape index (κ1) is 18.2. The number of methoxy groups -OCH3 is 1. The van der Waals surface area contributed by atoms with Gasteiger partial charge in [0.05, 0.1) is 18.2 Å². The van der Waals surface area contributed by atoms with Crippen molar-refractivity contribution in [2.75, 3.05) is 25.6 Å². The van der Waals surface area contributed by atoms with E-state index in [0.717, 1.165) is 38.0 Å². The number of likely N-dealkylation sites (tertiary alicyclic amines) is 1. The van der Waals surface area contributed by atoms with Gasteiger partial charge in [-0.2, -0.15) is 0 Å². The maximum Gasteiger partial charge on any atom is 0.234 e. The molecule has 6 nitrogen and oxygen atoms in total. The Labute approximate surface area is 149 Å². The Morgan fingerprint density at radius 1 is 1.44 bits per heavy atom. The Morgan fingerprint density at radius 3 is 3.00 bits per heavy atom. The SMILES string of the molecule is CCO[C@@H]1CC(Nc2cccc(CN3CCCC3C(N)=O)c2)[C@H]1OC. The van der Waals surface area contributed by atoms with Gasteiger partial charge in [0.25, 0.3) is 0 Å². The number of ether oxygens (including phenoxy) is 2. The first-order chi connectivity index (χ1) is 12.1. The molecule has 1 amide bonds. The monoisotopic (exact) mass is 347 g/mol. The first-order valence-electron chi connectivity index (χ1n) is 9.15. The van der Waals surface area contributed by atoms with Crippen LogP contribution in [-0.2, 0) is 20.8 Å². The van der Waals surface area contributed by atoms with Gasteiger partial charge in [0.15, 0.2) is 0 Å². The van der Waals surface area contributed by atoms with E-state index in [9.17, 15) is 4.79 Å². The quantitative estimate of drug-likeness (QED) is 0.749. The number of nitrogens with zero attached hydrogens (tertiary/aromatic N) is 1. The fraction of sp³-hybridized carbons (Fsp3) is 0.632. The summed E-state index contributed by atoms with van der Waals surface area (Å²) in [4.78, 5) is 13.7. The third kappa shape index (κ3) is 4.14. The van der Waals surface area contributed by atoms with Crippen LogP contribution in [0.2, 0.25) is 0 Å². The van der Waals surface area contributed by atoms with Gasteiger partial charge in [-0.25, -0.2) is 0 Å². The Morgan fingerprint density at radius 2 is 2.28 bits per heavy atom. The molecule has 1 aromatic rings. The first-order valence-corrected chi connectivity index (χ1v) is 9.15. The summed E-state index contributed by atoms with van der Waals surface area (Å²) in [5, 5.41) is 3.55. The number of nitrogens with one attached hydrogen (secondary N) is 1. The van der Waals surface area contributed by atoms with E-state index >= 15 is 0 Å². The molecule has 0 aromatic heterocycles. The number of hydrogen-bond donors (Lipinski definition) is 2. The van der Waals surface area contributed by atoms with Gasteiger partial charge in [-0.1, -0.05) is 12.1 Å². The molecule has 2 unspecified atom stereocenters. The highest BCUT2D eigenvalue weighted by molar-refractivity contribution is 5.80. The van der Waals surface area contributed by atoms with Gasteiger partial charge in [0.2, 0.25) is 5.91 Å². The van der Waals surface area contributed by atoms with Gasteiger partial charge in [-0.3, -0.25) is 9.69 Å². The zero-order valence-electron chi connectivity index (χ0n) is 15.1. The van der Waals surface area contributed by atoms with Crippen molar-refractivity contribution in [1.82, 2.24) is 4.90 Å². The van der Waals surface area contributed by atoms with Crippen LogP contribution in [0.15, 0.2) is 24.3 Å². The molecule has 25 heavy (non-hydrogen) atoms. The van der Waals surface area contributed by atoms with Crippen molar-refractivity contribution < 1.29 is 14.3 Å². The molecular weight excluding hydrogens is 318 g/mol. The molecule has 1 aromatic carbocycles. The van der Waals surface area contributed by atoms with Crippen LogP contribution >= 0.6 is 0 Å². The van der Waals surface area contributed by atoms with E-state index in [1.807, 2.05) is 13.0 Å². The van der Waals surface area contributed by atoms with E-state index < -0.39 is 0 Å². The smallest absolute Gasteiger partial charge is 0.234 e. The molecule has 2 aliphatic rings. The Bertz CT molecular complexity index is 595. The minimum Gasteiger partial charge on any atom is -0.379 e. The number of nitrogens with two attached hydrogens (primary N) is 1. The van der Waals surface area contributed by atoms with Crippen molar-refractivity contribution in [2.45, 2.75) is 57.0 Å². The van der Waals surface area contributed by atoms with Crippen molar-refractivity contribution in [2.24, 2.45) is 5.73 Å². The van der Waals surface area contributed by atoms with Gasteiger partial charge in [0.1, 0.15) is 6.10 Å². The second kappa shape index (κ2) is 8.17. The fourth-order valence-corrected chi connectivity index (χ4v) is 3.96. The Hall–Kier alpha value is -1.63. The van der Waals surface area contributed by atoms with Crippen molar-refractivity contribution in [3.63, 3.8) is 0 Å². The van der Waals surface area contributed by atoms with Crippen LogP contribution in [0.25, 0.3) is 0 Å². The van der Waals surface area contributed by atoms with E-state index in [0.29, 0.717) is 6.61 Å². The molecule has 0 bridgehead atoms. The summed E-state index contributed by atoms with van der Waals surface area (Å²) in [6.07, 6.45) is 3.11. The lowest BCUT2D eigenvalue weighted by molar-refractivity contribution is -0.122. The average molecular weight is 347 g/mol. The number of anilines is 1. The molecule has 2 fully saturated rings. The number of carbonyl (C=O) groups is 1. The molecule has 1 aliphatic carbocycles. The molecule has 3 rings (SSSR count). The van der Waals surface area contributed by atoms with E-state index in [2.05, 4.69) is 28.4 Å². The molecule has 6 heteroatoms. The Balaban J connectivity index is 1.59. The third-order valence-electron chi connectivity index (χ3n) is 5.26. The van der Waals surface area contributed by atoms with Crippen molar-refractivity contribution in [1.29, 1.82) is 0 Å². The molecule has 1 aliphatic heterocycles. The van der Waals surface area contributed by atoms with Crippen LogP contribution in [-0.4, -0.2) is 55.4 Å². The largest absolute Gasteiger partial charge is 0.379 e. The number of benzene rings is 1. The summed E-state index contributed by atoms with van der Waals surface area (Å²) < 4.78 is 11.2. The topological polar surface area (TPSA) is 76.8 Å². The molecule has 0 spiro atoms. The second-order valence-electron chi connectivity index (χ2n) is 6.91. The zero-order valence-corrected chi connectivity index (χ0v) is 15.1. The molecule has 0 radical (unpaired) electrons. The molecule has 1 saturated carbocycles. The minimum atomic E-state index is -0.217. The number of carbonyl (C=O) groups excluding carboxylic acids is 1. The lowest BCUT2D eigenvalue weighted by atomic mass is 9.85. The number of rotatable bonds is 8. The van der Waals surface area contributed by atoms with Crippen molar-refractivity contribution in [3.8, 4) is 0 Å². The van der Waals surface area contributed by atoms with Crippen LogP contribution in [0.5, 0.6) is 0 Å². The van der Waals surface area contributed by atoms with Gasteiger partial charge in [-0.15, -0.1) is 0 Å². The predicted molar refractivity (Wildman–Crippen MR) is 97.3 cm³/mol. The summed E-state index contributed by atoms with van der Waals surface area (Å²) >= 11 is 0. The van der Waals surface area contributed by atoms with Crippen LogP contribution in [0.4, 0.5) is 5.69 Å². The second-order valence-corrected chi connectivity index (χ2v) is 6.91. The summed E-state index contributed by atoms with van der Waals surface area (Å²) in [6, 6.07) is 8.50. The minimum absolute atomic E-state index is 0.0847. The Kier molecular flexibility index (Phi) is 5.93. The molecule has 4 atom stereocenters. The van der Waals surface area contributed by atoms with E-state index in [1.54, 1.807) is 7.11 Å². The lowest BCUT2D eigenvalue weighted by Crippen LogP contribution is -2.56. The number of primary amides is 1. The zero-order chi connectivity index (χ0) is 17.8. The summed E-state index contributed by atoms with van der Waals surface area (Å²) in [5.74, 6) is -0.217. The average Bonchev–Trinajstić information content (AvgIpc) is 3.03. The van der Waals surface area contributed by atoms with Crippen LogP contribution in [0.3, 0.4) is 0 Å². The van der Waals surface area contributed by atoms with Crippen molar-refractivity contribution in [3.05, 3.63) is 29.8 Å². The van der Waals surface area contributed by atoms with Gasteiger partial charge >= 0.3 is 0 Å². The van der Waals surface area contributed by atoms with Gasteiger partial charge in [0, 0.05) is 25.9 Å². The summed E-state index contributed by atoms with van der Waals surface area (Å²) in [6.45, 7) is 4.40. The summed E-state index contributed by atoms with van der Waals surface area (Å²) in [7, 11) is 1.73. The number of hydrogen-bond acceptors (Lipinski definition) is 5. The van der Waals surface area contributed by atoms with Crippen LogP contribution in [0, 0.1) is 0 Å². The predicted octanol–water partition coefficient (Wildman–Crippen LogP) is 1.74. The summed E-state index contributed by atoms with van der Waals surface area (Å²) in [5.41, 5.74) is 7.78. The molecule has 3 N–H and O–H groups in total. The van der Waals surface area contributed by atoms with Crippen LogP contribution < -0.4 is 11.1 Å². The molecule has 138 valence electrons. The lowest BCUT2D eigenvalue weighted by Gasteiger charge is -2.43. The highest BCUT2D eigenvalue weighted by atomic mass is 16.5. The highest BCUT2D eigenvalue weighted by Gasteiger charge is 2.42. The fourth-order valence-electron chi connectivity index (χ4n) is 3.96. The maximum atomic E-state index is 11.6. The normalized spacial score (nSPS) is 29.4. The third-order valence-corrected chi connectivity index (χ3v) is 5.26. The van der Waals surface area contributed by atoms with Gasteiger partial charge in [-0.05, 0) is 50.4 Å². The molecule has 1 heterocycles. The molecule has 1 saturated heterocycles. The standard InChI is InChI=1S/C19H29N3O3/c1-3-25-17-11-15(18(17)24-2)21-14-7-4-6-13(10-14)12-22-9-5-8-16(22)19(20)23/h4,6-7,10,15-18,21H,3,5,8-9,11-12H2,1-2H3,(H2,20,23)/t15?,16?,17-,18-/m1/s1. The van der Waals surface area contributed by atoms with E-state index in [1.165, 1.54) is 5.56 Å². The number of amides is 1.